The molecule has 15 heavy (non-hydrogen) atoms. The molecule has 1 aliphatic carbocycles. The minimum atomic E-state index is 0.204. The highest BCUT2D eigenvalue weighted by Gasteiger charge is 2.19. The van der Waals surface area contributed by atoms with Gasteiger partial charge in [0.25, 0.3) is 0 Å². The predicted molar refractivity (Wildman–Crippen MR) is 62.7 cm³/mol. The maximum atomic E-state index is 11.5. The number of carbonyl (C=O) groups excluding carboxylic acids is 1. The normalized spacial score (nSPS) is 26.3. The molecule has 2 N–H and O–H groups in total. The van der Waals surface area contributed by atoms with Crippen molar-refractivity contribution in [3.63, 3.8) is 0 Å². The largest absolute Gasteiger partial charge is 0.353 e. The fourth-order valence-corrected chi connectivity index (χ4v) is 2.08. The Morgan fingerprint density at radius 2 is 1.93 bits per heavy atom. The van der Waals surface area contributed by atoms with E-state index in [2.05, 4.69) is 24.5 Å². The van der Waals surface area contributed by atoms with Gasteiger partial charge in [-0.3, -0.25) is 4.79 Å². The highest BCUT2D eigenvalue weighted by molar-refractivity contribution is 5.76. The van der Waals surface area contributed by atoms with Crippen LogP contribution in [0.3, 0.4) is 0 Å². The predicted octanol–water partition coefficient (Wildman–Crippen LogP) is 1.68. The van der Waals surface area contributed by atoms with Crippen molar-refractivity contribution in [2.24, 2.45) is 5.92 Å². The van der Waals surface area contributed by atoms with E-state index in [9.17, 15) is 4.79 Å². The number of hydrogen-bond acceptors (Lipinski definition) is 2. The first-order valence-electron chi connectivity index (χ1n) is 6.22. The summed E-state index contributed by atoms with van der Waals surface area (Å²) in [4.78, 5) is 11.5. The van der Waals surface area contributed by atoms with Gasteiger partial charge in [0, 0.05) is 19.0 Å². The Hall–Kier alpha value is -0.570. The molecule has 0 heterocycles. The van der Waals surface area contributed by atoms with Gasteiger partial charge in [-0.2, -0.15) is 0 Å². The Labute approximate surface area is 93.0 Å². The van der Waals surface area contributed by atoms with E-state index in [0.29, 0.717) is 12.5 Å². The van der Waals surface area contributed by atoms with Crippen LogP contribution >= 0.6 is 0 Å². The summed E-state index contributed by atoms with van der Waals surface area (Å²) < 4.78 is 0. The number of hydrogen-bond donors (Lipinski definition) is 2. The molecule has 1 aliphatic rings. The highest BCUT2D eigenvalue weighted by Crippen LogP contribution is 2.23. The van der Waals surface area contributed by atoms with Crippen molar-refractivity contribution in [1.29, 1.82) is 0 Å². The first-order valence-corrected chi connectivity index (χ1v) is 6.22. The van der Waals surface area contributed by atoms with Crippen LogP contribution in [0.5, 0.6) is 0 Å². The van der Waals surface area contributed by atoms with Crippen LogP contribution in [0.2, 0.25) is 0 Å². The third-order valence-electron chi connectivity index (χ3n) is 3.16. The summed E-state index contributed by atoms with van der Waals surface area (Å²) in [6.07, 6.45) is 5.46. The van der Waals surface area contributed by atoms with Gasteiger partial charge in [-0.15, -0.1) is 0 Å². The molecule has 1 saturated carbocycles. The van der Waals surface area contributed by atoms with E-state index in [0.717, 1.165) is 31.8 Å². The Kier molecular flexibility index (Phi) is 5.69. The van der Waals surface area contributed by atoms with Gasteiger partial charge in [-0.05, 0) is 38.1 Å². The number of nitrogens with one attached hydrogen (secondary N) is 2. The van der Waals surface area contributed by atoms with E-state index >= 15 is 0 Å². The molecule has 0 aromatic heterocycles. The second kappa shape index (κ2) is 6.83. The van der Waals surface area contributed by atoms with Gasteiger partial charge in [-0.25, -0.2) is 0 Å². The molecule has 0 saturated heterocycles. The molecule has 0 aromatic carbocycles. The third kappa shape index (κ3) is 5.17. The minimum Gasteiger partial charge on any atom is -0.353 e. The van der Waals surface area contributed by atoms with Crippen molar-refractivity contribution >= 4 is 5.91 Å². The lowest BCUT2D eigenvalue weighted by Crippen LogP contribution is -2.38. The smallest absolute Gasteiger partial charge is 0.221 e. The van der Waals surface area contributed by atoms with E-state index in [1.807, 2.05) is 0 Å². The lowest BCUT2D eigenvalue weighted by molar-refractivity contribution is -0.121. The van der Waals surface area contributed by atoms with Crippen molar-refractivity contribution in [3.8, 4) is 0 Å². The van der Waals surface area contributed by atoms with Gasteiger partial charge < -0.3 is 10.6 Å². The molecule has 1 amide bonds. The molecule has 0 spiro atoms. The molecule has 3 heteroatoms. The van der Waals surface area contributed by atoms with E-state index in [4.69, 9.17) is 0 Å². The molecule has 3 nitrogen and oxygen atoms in total. The molecule has 1 rings (SSSR count). The van der Waals surface area contributed by atoms with Crippen LogP contribution in [0.15, 0.2) is 0 Å². The third-order valence-corrected chi connectivity index (χ3v) is 3.16. The van der Waals surface area contributed by atoms with Gasteiger partial charge in [0.1, 0.15) is 0 Å². The Morgan fingerprint density at radius 3 is 2.53 bits per heavy atom. The number of carbonyl (C=O) groups is 1. The zero-order valence-corrected chi connectivity index (χ0v) is 10.0. The van der Waals surface area contributed by atoms with Crippen LogP contribution in [-0.4, -0.2) is 25.0 Å². The number of amides is 1. The lowest BCUT2D eigenvalue weighted by atomic mass is 9.87. The molecule has 0 atom stereocenters. The molecule has 0 radical (unpaired) electrons. The number of rotatable bonds is 5. The second-order valence-corrected chi connectivity index (χ2v) is 4.63. The van der Waals surface area contributed by atoms with Crippen LogP contribution in [0.4, 0.5) is 0 Å². The quantitative estimate of drug-likeness (QED) is 0.681. The standard InChI is InChI=1S/C12H24N2O/c1-3-13-9-8-12(15)14-11-6-4-10(2)5-7-11/h10-11,13H,3-9H2,1-2H3,(H,14,15). The Balaban J connectivity index is 2.09. The van der Waals surface area contributed by atoms with Crippen molar-refractivity contribution < 1.29 is 4.79 Å². The monoisotopic (exact) mass is 212 g/mol. The molecular weight excluding hydrogens is 188 g/mol. The van der Waals surface area contributed by atoms with Gasteiger partial charge in [0.15, 0.2) is 0 Å². The lowest BCUT2D eigenvalue weighted by Gasteiger charge is -2.26. The zero-order chi connectivity index (χ0) is 11.1. The average Bonchev–Trinajstić information content (AvgIpc) is 2.22. The Morgan fingerprint density at radius 1 is 1.27 bits per heavy atom. The van der Waals surface area contributed by atoms with E-state index < -0.39 is 0 Å². The van der Waals surface area contributed by atoms with E-state index in [-0.39, 0.29) is 5.91 Å². The summed E-state index contributed by atoms with van der Waals surface area (Å²) >= 11 is 0. The van der Waals surface area contributed by atoms with Crippen LogP contribution < -0.4 is 10.6 Å². The topological polar surface area (TPSA) is 41.1 Å². The van der Waals surface area contributed by atoms with Crippen molar-refractivity contribution in [1.82, 2.24) is 10.6 Å². The summed E-state index contributed by atoms with van der Waals surface area (Å²) in [5.74, 6) is 1.05. The molecule has 1 fully saturated rings. The molecule has 0 bridgehead atoms. The SMILES string of the molecule is CCNCCC(=O)NC1CCC(C)CC1. The maximum absolute atomic E-state index is 11.5. The minimum absolute atomic E-state index is 0.204. The fraction of sp³-hybridized carbons (Fsp3) is 0.917. The molecule has 0 aliphatic heterocycles. The van der Waals surface area contributed by atoms with Gasteiger partial charge in [0.2, 0.25) is 5.91 Å². The first-order chi connectivity index (χ1) is 7.22. The summed E-state index contributed by atoms with van der Waals surface area (Å²) in [5.41, 5.74) is 0. The second-order valence-electron chi connectivity index (χ2n) is 4.63. The summed E-state index contributed by atoms with van der Waals surface area (Å²) in [6.45, 7) is 6.09. The van der Waals surface area contributed by atoms with Crippen molar-refractivity contribution in [2.45, 2.75) is 52.0 Å². The van der Waals surface area contributed by atoms with Gasteiger partial charge >= 0.3 is 0 Å². The van der Waals surface area contributed by atoms with E-state index in [1.54, 1.807) is 0 Å². The van der Waals surface area contributed by atoms with Gasteiger partial charge in [-0.1, -0.05) is 13.8 Å². The summed E-state index contributed by atoms with van der Waals surface area (Å²) in [6, 6.07) is 0.440. The summed E-state index contributed by atoms with van der Waals surface area (Å²) in [5, 5.41) is 6.28. The first kappa shape index (κ1) is 12.5. The van der Waals surface area contributed by atoms with Crippen LogP contribution in [0.25, 0.3) is 0 Å². The zero-order valence-electron chi connectivity index (χ0n) is 10.0. The van der Waals surface area contributed by atoms with Crippen molar-refractivity contribution in [3.05, 3.63) is 0 Å². The fourth-order valence-electron chi connectivity index (χ4n) is 2.08. The maximum Gasteiger partial charge on any atom is 0.221 e. The van der Waals surface area contributed by atoms with Crippen LogP contribution in [0, 0.1) is 5.92 Å². The highest BCUT2D eigenvalue weighted by atomic mass is 16.1. The van der Waals surface area contributed by atoms with E-state index in [1.165, 1.54) is 12.8 Å². The van der Waals surface area contributed by atoms with Crippen molar-refractivity contribution in [2.75, 3.05) is 13.1 Å². The average molecular weight is 212 g/mol. The van der Waals surface area contributed by atoms with Gasteiger partial charge in [0.05, 0.1) is 0 Å². The molecular formula is C12H24N2O. The summed E-state index contributed by atoms with van der Waals surface area (Å²) in [7, 11) is 0. The molecule has 0 aromatic rings. The van der Waals surface area contributed by atoms with Crippen LogP contribution in [-0.2, 0) is 4.79 Å². The molecule has 0 unspecified atom stereocenters. The Bertz CT molecular complexity index is 186. The molecule has 88 valence electrons. The van der Waals surface area contributed by atoms with Crippen LogP contribution in [0.1, 0.15) is 46.0 Å².